The maximum Gasteiger partial charge on any atom is 0.511 e. The molecular weight excluding hydrogens is 228 g/mol. The second kappa shape index (κ2) is 7.75. The van der Waals surface area contributed by atoms with Gasteiger partial charge in [-0.1, -0.05) is 45.2 Å². The minimum atomic E-state index is -1.24. The number of hydrogen-bond donors (Lipinski definition) is 1. The first-order valence-electron chi connectivity index (χ1n) is 6.70. The van der Waals surface area contributed by atoms with Crippen molar-refractivity contribution in [2.45, 2.75) is 52.4 Å². The Kier molecular flexibility index (Phi) is 6.26. The molecule has 0 aliphatic carbocycles. The molecule has 1 N–H and O–H groups in total. The van der Waals surface area contributed by atoms with Gasteiger partial charge < -0.3 is 9.84 Å². The quantitative estimate of drug-likeness (QED) is 0.442. The Labute approximate surface area is 109 Å². The van der Waals surface area contributed by atoms with E-state index in [-0.39, 0.29) is 0 Å². The third-order valence-corrected chi connectivity index (χ3v) is 3.09. The highest BCUT2D eigenvalue weighted by molar-refractivity contribution is 5.62. The minimum absolute atomic E-state index is 0.498. The van der Waals surface area contributed by atoms with Gasteiger partial charge in [0.05, 0.1) is 0 Å². The van der Waals surface area contributed by atoms with Crippen LogP contribution in [0.1, 0.15) is 50.7 Å². The average Bonchev–Trinajstić information content (AvgIpc) is 2.35. The van der Waals surface area contributed by atoms with Gasteiger partial charge in [-0.05, 0) is 36.5 Å². The minimum Gasteiger partial charge on any atom is -0.449 e. The Morgan fingerprint density at radius 3 is 2.61 bits per heavy atom. The summed E-state index contributed by atoms with van der Waals surface area (Å²) in [4.78, 5) is 10.7. The fourth-order valence-corrected chi connectivity index (χ4v) is 2.14. The van der Waals surface area contributed by atoms with Crippen molar-refractivity contribution in [1.82, 2.24) is 0 Å². The highest BCUT2D eigenvalue weighted by Crippen LogP contribution is 2.25. The summed E-state index contributed by atoms with van der Waals surface area (Å²) in [5, 5.41) is 8.74. The van der Waals surface area contributed by atoms with Crippen molar-refractivity contribution in [3.63, 3.8) is 0 Å². The first kappa shape index (κ1) is 14.6. The first-order valence-corrected chi connectivity index (χ1v) is 6.70. The molecule has 0 saturated carbocycles. The molecule has 0 radical (unpaired) electrons. The van der Waals surface area contributed by atoms with Crippen LogP contribution in [0.5, 0.6) is 5.75 Å². The van der Waals surface area contributed by atoms with Crippen molar-refractivity contribution in [3.05, 3.63) is 29.3 Å². The molecule has 0 aromatic heterocycles. The van der Waals surface area contributed by atoms with E-state index in [1.165, 1.54) is 24.8 Å². The van der Waals surface area contributed by atoms with E-state index in [0.717, 1.165) is 24.8 Å². The van der Waals surface area contributed by atoms with Crippen LogP contribution in [-0.4, -0.2) is 11.3 Å². The summed E-state index contributed by atoms with van der Waals surface area (Å²) in [5.41, 5.74) is 2.24. The Balaban J connectivity index is 2.79. The van der Waals surface area contributed by atoms with Gasteiger partial charge in [-0.15, -0.1) is 0 Å². The Hall–Kier alpha value is -1.51. The number of carbonyl (C=O) groups is 1. The number of unbranched alkanes of at least 4 members (excludes halogenated alkanes) is 3. The zero-order chi connectivity index (χ0) is 13.4. The first-order chi connectivity index (χ1) is 8.69. The Bertz CT molecular complexity index is 385. The molecular formula is C15H22O3. The van der Waals surface area contributed by atoms with Crippen LogP contribution in [0.25, 0.3) is 0 Å². The molecule has 0 bridgehead atoms. The van der Waals surface area contributed by atoms with E-state index in [4.69, 9.17) is 9.84 Å². The summed E-state index contributed by atoms with van der Waals surface area (Å²) in [6.07, 6.45) is 5.25. The number of rotatable bonds is 7. The second-order valence-corrected chi connectivity index (χ2v) is 4.43. The zero-order valence-electron chi connectivity index (χ0n) is 11.2. The number of carboxylic acid groups (broad SMARTS) is 1. The van der Waals surface area contributed by atoms with Crippen LogP contribution in [0.15, 0.2) is 18.2 Å². The summed E-state index contributed by atoms with van der Waals surface area (Å²) >= 11 is 0. The molecule has 0 saturated heterocycles. The lowest BCUT2D eigenvalue weighted by atomic mass is 9.98. The molecule has 0 unspecified atom stereocenters. The van der Waals surface area contributed by atoms with E-state index in [2.05, 4.69) is 13.8 Å². The molecule has 0 spiro atoms. The molecule has 1 aromatic carbocycles. The lowest BCUT2D eigenvalue weighted by Gasteiger charge is -2.12. The van der Waals surface area contributed by atoms with Gasteiger partial charge in [-0.25, -0.2) is 4.79 Å². The predicted molar refractivity (Wildman–Crippen MR) is 72.3 cm³/mol. The van der Waals surface area contributed by atoms with Gasteiger partial charge in [0.25, 0.3) is 0 Å². The number of benzene rings is 1. The maximum absolute atomic E-state index is 10.7. The van der Waals surface area contributed by atoms with E-state index in [0.29, 0.717) is 5.75 Å². The number of aryl methyl sites for hydroxylation is 1. The standard InChI is InChI=1S/C15H22O3/c1-3-5-6-7-10-13-12(4-2)9-8-11-14(13)18-15(16)17/h8-9,11H,3-7,10H2,1-2H3,(H,16,17). The normalized spacial score (nSPS) is 10.3. The van der Waals surface area contributed by atoms with Crippen molar-refractivity contribution in [2.24, 2.45) is 0 Å². The molecule has 0 atom stereocenters. The summed E-state index contributed by atoms with van der Waals surface area (Å²) in [5.74, 6) is 0.498. The molecule has 18 heavy (non-hydrogen) atoms. The van der Waals surface area contributed by atoms with Gasteiger partial charge in [0.1, 0.15) is 5.75 Å². The van der Waals surface area contributed by atoms with Crippen molar-refractivity contribution >= 4 is 6.16 Å². The van der Waals surface area contributed by atoms with E-state index < -0.39 is 6.16 Å². The maximum atomic E-state index is 10.7. The molecule has 3 heteroatoms. The number of ether oxygens (including phenoxy) is 1. The molecule has 0 aliphatic rings. The van der Waals surface area contributed by atoms with Crippen LogP contribution in [-0.2, 0) is 12.8 Å². The van der Waals surface area contributed by atoms with Crippen molar-refractivity contribution in [1.29, 1.82) is 0 Å². The lowest BCUT2D eigenvalue weighted by Crippen LogP contribution is -2.07. The van der Waals surface area contributed by atoms with Crippen LogP contribution in [0.3, 0.4) is 0 Å². The second-order valence-electron chi connectivity index (χ2n) is 4.43. The third kappa shape index (κ3) is 4.40. The largest absolute Gasteiger partial charge is 0.511 e. The fraction of sp³-hybridized carbons (Fsp3) is 0.533. The average molecular weight is 250 g/mol. The lowest BCUT2D eigenvalue weighted by molar-refractivity contribution is 0.144. The third-order valence-electron chi connectivity index (χ3n) is 3.09. The predicted octanol–water partition coefficient (Wildman–Crippen LogP) is 4.43. The zero-order valence-corrected chi connectivity index (χ0v) is 11.2. The fourth-order valence-electron chi connectivity index (χ4n) is 2.14. The summed E-state index contributed by atoms with van der Waals surface area (Å²) in [6.45, 7) is 4.26. The SMILES string of the molecule is CCCCCCc1c(CC)cccc1OC(=O)O. The Morgan fingerprint density at radius 2 is 2.00 bits per heavy atom. The summed E-state index contributed by atoms with van der Waals surface area (Å²) in [7, 11) is 0. The van der Waals surface area contributed by atoms with Gasteiger partial charge in [-0.3, -0.25) is 0 Å². The van der Waals surface area contributed by atoms with Gasteiger partial charge >= 0.3 is 6.16 Å². The Morgan fingerprint density at radius 1 is 1.22 bits per heavy atom. The van der Waals surface area contributed by atoms with Crippen LogP contribution >= 0.6 is 0 Å². The van der Waals surface area contributed by atoms with Crippen LogP contribution in [0.2, 0.25) is 0 Å². The van der Waals surface area contributed by atoms with Gasteiger partial charge in [-0.2, -0.15) is 0 Å². The van der Waals surface area contributed by atoms with Crippen molar-refractivity contribution < 1.29 is 14.6 Å². The monoisotopic (exact) mass is 250 g/mol. The molecule has 100 valence electrons. The van der Waals surface area contributed by atoms with Crippen molar-refractivity contribution in [3.8, 4) is 5.75 Å². The smallest absolute Gasteiger partial charge is 0.449 e. The highest BCUT2D eigenvalue weighted by atomic mass is 16.7. The van der Waals surface area contributed by atoms with E-state index in [1.807, 2.05) is 12.1 Å². The molecule has 3 nitrogen and oxygen atoms in total. The summed E-state index contributed by atoms with van der Waals surface area (Å²) in [6, 6.07) is 5.64. The molecule has 0 aliphatic heterocycles. The van der Waals surface area contributed by atoms with Crippen LogP contribution < -0.4 is 4.74 Å². The summed E-state index contributed by atoms with van der Waals surface area (Å²) < 4.78 is 4.86. The number of hydrogen-bond acceptors (Lipinski definition) is 2. The van der Waals surface area contributed by atoms with E-state index in [9.17, 15) is 4.79 Å². The highest BCUT2D eigenvalue weighted by Gasteiger charge is 2.11. The van der Waals surface area contributed by atoms with Crippen molar-refractivity contribution in [2.75, 3.05) is 0 Å². The molecule has 0 amide bonds. The van der Waals surface area contributed by atoms with Gasteiger partial charge in [0.15, 0.2) is 0 Å². The van der Waals surface area contributed by atoms with E-state index in [1.54, 1.807) is 6.07 Å². The topological polar surface area (TPSA) is 46.5 Å². The molecule has 0 fully saturated rings. The molecule has 0 heterocycles. The van der Waals surface area contributed by atoms with Gasteiger partial charge in [0.2, 0.25) is 0 Å². The van der Waals surface area contributed by atoms with Crippen LogP contribution in [0, 0.1) is 0 Å². The van der Waals surface area contributed by atoms with E-state index >= 15 is 0 Å². The molecule has 1 aromatic rings. The molecule has 1 rings (SSSR count). The van der Waals surface area contributed by atoms with Gasteiger partial charge in [0, 0.05) is 0 Å². The van der Waals surface area contributed by atoms with Crippen LogP contribution in [0.4, 0.5) is 4.79 Å².